The smallest absolute Gasteiger partial charge is 0.307 e. The third-order valence-corrected chi connectivity index (χ3v) is 3.83. The van der Waals surface area contributed by atoms with Gasteiger partial charge in [0, 0.05) is 18.1 Å². The minimum atomic E-state index is -0.122. The van der Waals surface area contributed by atoms with Crippen LogP contribution in [0, 0.1) is 0 Å². The van der Waals surface area contributed by atoms with E-state index >= 15 is 0 Å². The monoisotopic (exact) mass is 242 g/mol. The maximum atomic E-state index is 11.3. The van der Waals surface area contributed by atoms with E-state index < -0.39 is 0 Å². The van der Waals surface area contributed by atoms with Crippen molar-refractivity contribution in [1.82, 2.24) is 4.90 Å². The van der Waals surface area contributed by atoms with Crippen LogP contribution in [0.5, 0.6) is 0 Å². The average molecular weight is 242 g/mol. The van der Waals surface area contributed by atoms with E-state index in [0.29, 0.717) is 18.5 Å². The molecule has 4 nitrogen and oxygen atoms in total. The van der Waals surface area contributed by atoms with Crippen molar-refractivity contribution in [3.05, 3.63) is 0 Å². The summed E-state index contributed by atoms with van der Waals surface area (Å²) in [6, 6.07) is 1.21. The molecule has 2 N–H and O–H groups in total. The van der Waals surface area contributed by atoms with Gasteiger partial charge in [0.2, 0.25) is 0 Å². The molecule has 1 rings (SSSR count). The van der Waals surface area contributed by atoms with E-state index in [-0.39, 0.29) is 12.0 Å². The number of nitrogens with zero attached hydrogens (tertiary/aromatic N) is 1. The fourth-order valence-corrected chi connectivity index (χ4v) is 2.80. The molecule has 0 heterocycles. The Labute approximate surface area is 104 Å². The topological polar surface area (TPSA) is 55.6 Å². The Balaban J connectivity index is 2.49. The van der Waals surface area contributed by atoms with Crippen LogP contribution in [0.4, 0.5) is 0 Å². The van der Waals surface area contributed by atoms with E-state index in [2.05, 4.69) is 18.7 Å². The van der Waals surface area contributed by atoms with Crippen LogP contribution < -0.4 is 5.73 Å². The van der Waals surface area contributed by atoms with Gasteiger partial charge in [-0.05, 0) is 39.2 Å². The third-order valence-electron chi connectivity index (χ3n) is 3.83. The van der Waals surface area contributed by atoms with Crippen LogP contribution in [-0.4, -0.2) is 42.6 Å². The normalized spacial score (nSPS) is 26.9. The van der Waals surface area contributed by atoms with Crippen LogP contribution >= 0.6 is 0 Å². The fourth-order valence-electron chi connectivity index (χ4n) is 2.80. The predicted octanol–water partition coefficient (Wildman–Crippen LogP) is 1.53. The lowest BCUT2D eigenvalue weighted by Crippen LogP contribution is -2.46. The molecule has 100 valence electrons. The summed E-state index contributed by atoms with van der Waals surface area (Å²) in [4.78, 5) is 13.7. The number of rotatable bonds is 5. The zero-order chi connectivity index (χ0) is 12.8. The Hall–Kier alpha value is -0.610. The first-order valence-electron chi connectivity index (χ1n) is 6.66. The second kappa shape index (κ2) is 6.97. The van der Waals surface area contributed by atoms with Crippen molar-refractivity contribution in [2.24, 2.45) is 5.73 Å². The molecule has 0 aromatic heterocycles. The van der Waals surface area contributed by atoms with Gasteiger partial charge in [0.25, 0.3) is 0 Å². The Morgan fingerprint density at radius 3 is 2.47 bits per heavy atom. The molecule has 1 atom stereocenters. The first-order valence-corrected chi connectivity index (χ1v) is 6.66. The van der Waals surface area contributed by atoms with Crippen molar-refractivity contribution >= 4 is 5.97 Å². The number of hydrogen-bond acceptors (Lipinski definition) is 4. The number of esters is 1. The molecule has 0 aliphatic heterocycles. The summed E-state index contributed by atoms with van der Waals surface area (Å²) < 4.78 is 4.73. The molecule has 0 radical (unpaired) electrons. The Kier molecular flexibility index (Phi) is 5.92. The first-order chi connectivity index (χ1) is 8.08. The minimum Gasteiger partial charge on any atom is -0.469 e. The van der Waals surface area contributed by atoms with E-state index in [1.54, 1.807) is 0 Å². The summed E-state index contributed by atoms with van der Waals surface area (Å²) in [6.45, 7) is 5.25. The summed E-state index contributed by atoms with van der Waals surface area (Å²) in [5, 5.41) is 0. The second-order valence-corrected chi connectivity index (χ2v) is 5.03. The van der Waals surface area contributed by atoms with E-state index in [0.717, 1.165) is 32.2 Å². The molecule has 0 spiro atoms. The van der Waals surface area contributed by atoms with Crippen LogP contribution in [-0.2, 0) is 9.53 Å². The highest BCUT2D eigenvalue weighted by atomic mass is 16.5. The Morgan fingerprint density at radius 2 is 2.00 bits per heavy atom. The highest BCUT2D eigenvalue weighted by Gasteiger charge is 2.27. The van der Waals surface area contributed by atoms with Crippen molar-refractivity contribution in [1.29, 1.82) is 0 Å². The summed E-state index contributed by atoms with van der Waals surface area (Å²) in [5.41, 5.74) is 5.92. The van der Waals surface area contributed by atoms with Gasteiger partial charge in [0.05, 0.1) is 13.5 Å². The molecule has 0 aromatic carbocycles. The largest absolute Gasteiger partial charge is 0.469 e. The number of carbonyl (C=O) groups excluding carboxylic acids is 1. The zero-order valence-electron chi connectivity index (χ0n) is 11.3. The summed E-state index contributed by atoms with van der Waals surface area (Å²) in [6.07, 6.45) is 4.99. The third kappa shape index (κ3) is 4.28. The minimum absolute atomic E-state index is 0.122. The van der Waals surface area contributed by atoms with Gasteiger partial charge in [0.15, 0.2) is 0 Å². The van der Waals surface area contributed by atoms with Crippen molar-refractivity contribution in [2.75, 3.05) is 13.7 Å². The molecule has 17 heavy (non-hydrogen) atoms. The van der Waals surface area contributed by atoms with Crippen molar-refractivity contribution < 1.29 is 9.53 Å². The van der Waals surface area contributed by atoms with Crippen LogP contribution in [0.1, 0.15) is 46.0 Å². The van der Waals surface area contributed by atoms with Gasteiger partial charge < -0.3 is 10.5 Å². The standard InChI is InChI=1S/C13H26N2O2/c1-4-15(10(2)9-13(16)17-3)12-7-5-11(14)6-8-12/h10-12H,4-9,14H2,1-3H3. The maximum absolute atomic E-state index is 11.3. The van der Waals surface area contributed by atoms with E-state index in [1.807, 2.05) is 0 Å². The molecule has 1 fully saturated rings. The number of ether oxygens (including phenoxy) is 1. The number of methoxy groups -OCH3 is 1. The summed E-state index contributed by atoms with van der Waals surface area (Å²) in [5.74, 6) is -0.122. The van der Waals surface area contributed by atoms with Gasteiger partial charge in [0.1, 0.15) is 0 Å². The molecule has 0 saturated heterocycles. The molecule has 0 bridgehead atoms. The number of carbonyl (C=O) groups is 1. The van der Waals surface area contributed by atoms with Crippen LogP contribution in [0.3, 0.4) is 0 Å². The van der Waals surface area contributed by atoms with Crippen molar-refractivity contribution in [3.8, 4) is 0 Å². The van der Waals surface area contributed by atoms with Crippen LogP contribution in [0.15, 0.2) is 0 Å². The Morgan fingerprint density at radius 1 is 1.41 bits per heavy atom. The number of hydrogen-bond donors (Lipinski definition) is 1. The molecule has 1 aliphatic carbocycles. The predicted molar refractivity (Wildman–Crippen MR) is 68.7 cm³/mol. The van der Waals surface area contributed by atoms with Crippen LogP contribution in [0.2, 0.25) is 0 Å². The lowest BCUT2D eigenvalue weighted by Gasteiger charge is -2.38. The summed E-state index contributed by atoms with van der Waals surface area (Å²) in [7, 11) is 1.45. The molecule has 0 amide bonds. The average Bonchev–Trinajstić information content (AvgIpc) is 2.32. The van der Waals surface area contributed by atoms with E-state index in [9.17, 15) is 4.79 Å². The van der Waals surface area contributed by atoms with Gasteiger partial charge >= 0.3 is 5.97 Å². The van der Waals surface area contributed by atoms with E-state index in [1.165, 1.54) is 7.11 Å². The van der Waals surface area contributed by atoms with Gasteiger partial charge in [-0.2, -0.15) is 0 Å². The SMILES string of the molecule is CCN(C(C)CC(=O)OC)C1CCC(N)CC1. The molecule has 1 saturated carbocycles. The highest BCUT2D eigenvalue weighted by Crippen LogP contribution is 2.24. The van der Waals surface area contributed by atoms with Gasteiger partial charge in [-0.3, -0.25) is 9.69 Å². The second-order valence-electron chi connectivity index (χ2n) is 5.03. The Bertz CT molecular complexity index is 238. The van der Waals surface area contributed by atoms with Gasteiger partial charge in [-0.1, -0.05) is 6.92 Å². The maximum Gasteiger partial charge on any atom is 0.307 e. The van der Waals surface area contributed by atoms with Crippen molar-refractivity contribution in [3.63, 3.8) is 0 Å². The fraction of sp³-hybridized carbons (Fsp3) is 0.923. The van der Waals surface area contributed by atoms with Gasteiger partial charge in [-0.25, -0.2) is 0 Å². The molecule has 1 unspecified atom stereocenters. The quantitative estimate of drug-likeness (QED) is 0.743. The lowest BCUT2D eigenvalue weighted by molar-refractivity contribution is -0.142. The van der Waals surface area contributed by atoms with E-state index in [4.69, 9.17) is 10.5 Å². The first kappa shape index (κ1) is 14.5. The van der Waals surface area contributed by atoms with Gasteiger partial charge in [-0.15, -0.1) is 0 Å². The highest BCUT2D eigenvalue weighted by molar-refractivity contribution is 5.69. The van der Waals surface area contributed by atoms with Crippen LogP contribution in [0.25, 0.3) is 0 Å². The summed E-state index contributed by atoms with van der Waals surface area (Å²) >= 11 is 0. The molecule has 4 heteroatoms. The zero-order valence-corrected chi connectivity index (χ0v) is 11.3. The van der Waals surface area contributed by atoms with Crippen molar-refractivity contribution in [2.45, 2.75) is 64.1 Å². The lowest BCUT2D eigenvalue weighted by atomic mass is 9.90. The molecule has 1 aliphatic rings. The number of nitrogens with two attached hydrogens (primary N) is 1. The molecular weight excluding hydrogens is 216 g/mol. The molecular formula is C13H26N2O2. The molecule has 0 aromatic rings.